The quantitative estimate of drug-likeness (QED) is 0.567. The van der Waals surface area contributed by atoms with Crippen molar-refractivity contribution >= 4 is 5.97 Å². The molecule has 1 rings (SSSR count). The van der Waals surface area contributed by atoms with Crippen LogP contribution < -0.4 is 4.74 Å². The second kappa shape index (κ2) is 6.07. The molecule has 0 aliphatic rings. The maximum atomic E-state index is 13.4. The Balaban J connectivity index is 2.71. The molecule has 0 unspecified atom stereocenters. The van der Waals surface area contributed by atoms with Gasteiger partial charge in [0.15, 0.2) is 11.6 Å². The molecule has 0 heterocycles. The van der Waals surface area contributed by atoms with Gasteiger partial charge in [0.25, 0.3) is 0 Å². The van der Waals surface area contributed by atoms with Gasteiger partial charge in [-0.1, -0.05) is 0 Å². The standard InChI is InChI=1S/C11H13FO4/c1-14-5-6-16-10-4-3-8(7-9(10)12)11(13)15-2/h3-4,7H,5-6H2,1-2H3. The Kier molecular flexibility index (Phi) is 4.72. The fraction of sp³-hybridized carbons (Fsp3) is 0.364. The zero-order valence-electron chi connectivity index (χ0n) is 9.16. The first-order chi connectivity index (χ1) is 7.69. The van der Waals surface area contributed by atoms with Crippen molar-refractivity contribution in [2.45, 2.75) is 0 Å². The van der Waals surface area contributed by atoms with E-state index in [1.807, 2.05) is 0 Å². The van der Waals surface area contributed by atoms with Crippen molar-refractivity contribution in [1.29, 1.82) is 0 Å². The molecule has 4 nitrogen and oxygen atoms in total. The zero-order chi connectivity index (χ0) is 12.0. The van der Waals surface area contributed by atoms with Crippen molar-refractivity contribution in [1.82, 2.24) is 0 Å². The third-order valence-corrected chi connectivity index (χ3v) is 1.90. The molecule has 0 amide bonds. The summed E-state index contributed by atoms with van der Waals surface area (Å²) < 4.78 is 27.7. The molecule has 0 fully saturated rings. The summed E-state index contributed by atoms with van der Waals surface area (Å²) in [6.45, 7) is 0.628. The SMILES string of the molecule is COCCOc1ccc(C(=O)OC)cc1F. The van der Waals surface area contributed by atoms with Crippen molar-refractivity contribution in [3.63, 3.8) is 0 Å². The van der Waals surface area contributed by atoms with Crippen molar-refractivity contribution in [3.8, 4) is 5.75 Å². The number of methoxy groups -OCH3 is 2. The van der Waals surface area contributed by atoms with Gasteiger partial charge in [-0.05, 0) is 18.2 Å². The topological polar surface area (TPSA) is 44.8 Å². The van der Waals surface area contributed by atoms with Crippen molar-refractivity contribution in [2.75, 3.05) is 27.4 Å². The first kappa shape index (κ1) is 12.4. The van der Waals surface area contributed by atoms with E-state index in [0.717, 1.165) is 6.07 Å². The highest BCUT2D eigenvalue weighted by atomic mass is 19.1. The second-order valence-corrected chi connectivity index (χ2v) is 2.98. The molecule has 1 aromatic rings. The van der Waals surface area contributed by atoms with Crippen LogP contribution in [0.3, 0.4) is 0 Å². The first-order valence-electron chi connectivity index (χ1n) is 4.68. The third-order valence-electron chi connectivity index (χ3n) is 1.90. The number of carbonyl (C=O) groups is 1. The number of rotatable bonds is 5. The summed E-state index contributed by atoms with van der Waals surface area (Å²) in [7, 11) is 2.77. The number of ether oxygens (including phenoxy) is 3. The number of esters is 1. The summed E-state index contributed by atoms with van der Waals surface area (Å²) in [6, 6.07) is 3.91. The van der Waals surface area contributed by atoms with Crippen LogP contribution in [0.4, 0.5) is 4.39 Å². The molecule has 0 radical (unpaired) electrons. The largest absolute Gasteiger partial charge is 0.488 e. The van der Waals surface area contributed by atoms with E-state index in [2.05, 4.69) is 4.74 Å². The van der Waals surface area contributed by atoms with E-state index < -0.39 is 11.8 Å². The lowest BCUT2D eigenvalue weighted by atomic mass is 10.2. The molecule has 0 atom stereocenters. The second-order valence-electron chi connectivity index (χ2n) is 2.98. The Hall–Kier alpha value is -1.62. The molecular weight excluding hydrogens is 215 g/mol. The van der Waals surface area contributed by atoms with Gasteiger partial charge >= 0.3 is 5.97 Å². The van der Waals surface area contributed by atoms with Crippen LogP contribution in [-0.2, 0) is 9.47 Å². The van der Waals surface area contributed by atoms with Gasteiger partial charge in [-0.3, -0.25) is 0 Å². The van der Waals surface area contributed by atoms with Crippen LogP contribution in [0.15, 0.2) is 18.2 Å². The smallest absolute Gasteiger partial charge is 0.337 e. The van der Waals surface area contributed by atoms with Crippen molar-refractivity contribution < 1.29 is 23.4 Å². The van der Waals surface area contributed by atoms with E-state index in [1.54, 1.807) is 0 Å². The van der Waals surface area contributed by atoms with Gasteiger partial charge in [-0.15, -0.1) is 0 Å². The Labute approximate surface area is 92.9 Å². The Morgan fingerprint density at radius 2 is 2.06 bits per heavy atom. The van der Waals surface area contributed by atoms with Gasteiger partial charge in [0, 0.05) is 7.11 Å². The van der Waals surface area contributed by atoms with E-state index in [0.29, 0.717) is 6.61 Å². The predicted octanol–water partition coefficient (Wildman–Crippen LogP) is 1.64. The molecule has 16 heavy (non-hydrogen) atoms. The van der Waals surface area contributed by atoms with Crippen LogP contribution in [0.5, 0.6) is 5.75 Å². The number of carbonyl (C=O) groups excluding carboxylic acids is 1. The Morgan fingerprint density at radius 3 is 2.62 bits per heavy atom. The van der Waals surface area contributed by atoms with Gasteiger partial charge in [-0.2, -0.15) is 0 Å². The summed E-state index contributed by atoms with van der Waals surface area (Å²) in [5.41, 5.74) is 0.152. The van der Waals surface area contributed by atoms with Gasteiger partial charge in [0.05, 0.1) is 19.3 Å². The summed E-state index contributed by atoms with van der Waals surface area (Å²) in [5, 5.41) is 0. The molecule has 0 saturated heterocycles. The minimum absolute atomic E-state index is 0.0877. The normalized spacial score (nSPS) is 9.94. The number of halogens is 1. The summed E-state index contributed by atoms with van der Waals surface area (Å²) in [5.74, 6) is -1.09. The third kappa shape index (κ3) is 3.20. The minimum atomic E-state index is -0.598. The molecular formula is C11H13FO4. The van der Waals surface area contributed by atoms with Crippen LogP contribution in [0.25, 0.3) is 0 Å². The molecule has 0 N–H and O–H groups in total. The van der Waals surface area contributed by atoms with Crippen LogP contribution in [0.1, 0.15) is 10.4 Å². The average molecular weight is 228 g/mol. The molecule has 5 heteroatoms. The van der Waals surface area contributed by atoms with E-state index in [4.69, 9.17) is 9.47 Å². The lowest BCUT2D eigenvalue weighted by Gasteiger charge is -2.07. The molecule has 0 aromatic heterocycles. The van der Waals surface area contributed by atoms with Crippen molar-refractivity contribution in [3.05, 3.63) is 29.6 Å². The summed E-state index contributed by atoms with van der Waals surface area (Å²) in [4.78, 5) is 11.1. The molecule has 0 bridgehead atoms. The Morgan fingerprint density at radius 1 is 1.31 bits per heavy atom. The Bertz CT molecular complexity index is 365. The number of hydrogen-bond acceptors (Lipinski definition) is 4. The molecule has 0 saturated carbocycles. The van der Waals surface area contributed by atoms with E-state index in [-0.39, 0.29) is 17.9 Å². The summed E-state index contributed by atoms with van der Waals surface area (Å²) in [6.07, 6.45) is 0. The average Bonchev–Trinajstić information content (AvgIpc) is 2.30. The zero-order valence-corrected chi connectivity index (χ0v) is 9.16. The molecule has 0 aliphatic heterocycles. The molecule has 1 aromatic carbocycles. The van der Waals surface area contributed by atoms with E-state index in [9.17, 15) is 9.18 Å². The van der Waals surface area contributed by atoms with Gasteiger partial charge in [-0.25, -0.2) is 9.18 Å². The maximum Gasteiger partial charge on any atom is 0.337 e. The minimum Gasteiger partial charge on any atom is -0.488 e. The van der Waals surface area contributed by atoms with Crippen molar-refractivity contribution in [2.24, 2.45) is 0 Å². The van der Waals surface area contributed by atoms with Gasteiger partial charge in [0.1, 0.15) is 6.61 Å². The number of benzene rings is 1. The fourth-order valence-corrected chi connectivity index (χ4v) is 1.10. The van der Waals surface area contributed by atoms with Gasteiger partial charge in [0.2, 0.25) is 0 Å². The summed E-state index contributed by atoms with van der Waals surface area (Å²) >= 11 is 0. The molecule has 0 spiro atoms. The lowest BCUT2D eigenvalue weighted by Crippen LogP contribution is -2.07. The van der Waals surface area contributed by atoms with Crippen LogP contribution in [0, 0.1) is 5.82 Å². The van der Waals surface area contributed by atoms with Crippen LogP contribution in [0.2, 0.25) is 0 Å². The highest BCUT2D eigenvalue weighted by molar-refractivity contribution is 5.89. The highest BCUT2D eigenvalue weighted by Gasteiger charge is 2.10. The highest BCUT2D eigenvalue weighted by Crippen LogP contribution is 2.18. The molecule has 88 valence electrons. The fourth-order valence-electron chi connectivity index (χ4n) is 1.10. The van der Waals surface area contributed by atoms with Crippen LogP contribution >= 0.6 is 0 Å². The predicted molar refractivity (Wildman–Crippen MR) is 55.1 cm³/mol. The van der Waals surface area contributed by atoms with E-state index >= 15 is 0 Å². The van der Waals surface area contributed by atoms with Crippen LogP contribution in [-0.4, -0.2) is 33.4 Å². The molecule has 0 aliphatic carbocycles. The monoisotopic (exact) mass is 228 g/mol. The first-order valence-corrected chi connectivity index (χ1v) is 4.68. The van der Waals surface area contributed by atoms with E-state index in [1.165, 1.54) is 26.4 Å². The maximum absolute atomic E-state index is 13.4. The lowest BCUT2D eigenvalue weighted by molar-refractivity contribution is 0.0600. The number of hydrogen-bond donors (Lipinski definition) is 0. The van der Waals surface area contributed by atoms with Gasteiger partial charge < -0.3 is 14.2 Å².